The standard InChI is InChI=1S/C12H16O6/c1-6-5-10(17-7(2)13)8(14)3-4-9-11(18-9)12(15)16-6/h3-4,6,8-11,14H,5H2,1-2H3/b4-3+/t6-,8+,9?,10-,11?/m1/s1. The number of hydrogen-bond donors (Lipinski definition) is 1. The molecule has 18 heavy (non-hydrogen) atoms. The molecule has 0 saturated carbocycles. The van der Waals surface area contributed by atoms with Gasteiger partial charge in [0.15, 0.2) is 6.10 Å². The van der Waals surface area contributed by atoms with Gasteiger partial charge >= 0.3 is 11.9 Å². The summed E-state index contributed by atoms with van der Waals surface area (Å²) in [6.07, 6.45) is 0.292. The molecule has 0 radical (unpaired) electrons. The molecule has 6 nitrogen and oxygen atoms in total. The van der Waals surface area contributed by atoms with Crippen LogP contribution in [0.4, 0.5) is 0 Å². The van der Waals surface area contributed by atoms with E-state index in [0.717, 1.165) is 0 Å². The van der Waals surface area contributed by atoms with Crippen LogP contribution in [0.3, 0.4) is 0 Å². The Morgan fingerprint density at radius 1 is 1.50 bits per heavy atom. The molecule has 0 aromatic heterocycles. The largest absolute Gasteiger partial charge is 0.461 e. The van der Waals surface area contributed by atoms with Crippen molar-refractivity contribution in [1.82, 2.24) is 0 Å². The second-order valence-electron chi connectivity index (χ2n) is 4.53. The molecule has 1 fully saturated rings. The van der Waals surface area contributed by atoms with Crippen molar-refractivity contribution in [1.29, 1.82) is 0 Å². The molecule has 0 aromatic carbocycles. The monoisotopic (exact) mass is 256 g/mol. The van der Waals surface area contributed by atoms with Crippen LogP contribution in [0.5, 0.6) is 0 Å². The lowest BCUT2D eigenvalue weighted by Gasteiger charge is -2.24. The third-order valence-electron chi connectivity index (χ3n) is 2.84. The Labute approximate surface area is 105 Å². The van der Waals surface area contributed by atoms with Crippen molar-refractivity contribution in [3.63, 3.8) is 0 Å². The van der Waals surface area contributed by atoms with Crippen LogP contribution >= 0.6 is 0 Å². The molecule has 0 aliphatic carbocycles. The van der Waals surface area contributed by atoms with E-state index in [0.29, 0.717) is 0 Å². The molecule has 5 atom stereocenters. The maximum absolute atomic E-state index is 11.5. The first kappa shape index (κ1) is 13.0. The first-order valence-corrected chi connectivity index (χ1v) is 5.87. The molecule has 2 rings (SSSR count). The van der Waals surface area contributed by atoms with Crippen molar-refractivity contribution in [2.24, 2.45) is 0 Å². The van der Waals surface area contributed by atoms with Gasteiger partial charge in [-0.1, -0.05) is 12.2 Å². The molecule has 0 amide bonds. The number of ether oxygens (including phenoxy) is 3. The van der Waals surface area contributed by atoms with Crippen molar-refractivity contribution >= 4 is 11.9 Å². The molecular formula is C12H16O6. The number of esters is 2. The zero-order chi connectivity index (χ0) is 13.3. The van der Waals surface area contributed by atoms with Gasteiger partial charge in [0.1, 0.15) is 24.4 Å². The van der Waals surface area contributed by atoms with Gasteiger partial charge < -0.3 is 19.3 Å². The quantitative estimate of drug-likeness (QED) is 0.402. The zero-order valence-corrected chi connectivity index (χ0v) is 10.2. The highest BCUT2D eigenvalue weighted by atomic mass is 16.6. The average molecular weight is 256 g/mol. The summed E-state index contributed by atoms with van der Waals surface area (Å²) in [6.45, 7) is 2.95. The third kappa shape index (κ3) is 3.08. The molecule has 2 heterocycles. The molecular weight excluding hydrogens is 240 g/mol. The summed E-state index contributed by atoms with van der Waals surface area (Å²) < 4.78 is 15.3. The minimum atomic E-state index is -0.932. The lowest BCUT2D eigenvalue weighted by atomic mass is 10.1. The molecule has 6 heteroatoms. The fraction of sp³-hybridized carbons (Fsp3) is 0.667. The van der Waals surface area contributed by atoms with Gasteiger partial charge in [-0.3, -0.25) is 4.79 Å². The Hall–Kier alpha value is -1.40. The molecule has 2 unspecified atom stereocenters. The van der Waals surface area contributed by atoms with E-state index in [1.165, 1.54) is 13.0 Å². The van der Waals surface area contributed by atoms with E-state index in [1.807, 2.05) is 0 Å². The fourth-order valence-electron chi connectivity index (χ4n) is 1.92. The van der Waals surface area contributed by atoms with Crippen molar-refractivity contribution in [3.05, 3.63) is 12.2 Å². The van der Waals surface area contributed by atoms with Crippen molar-refractivity contribution in [2.45, 2.75) is 50.8 Å². The number of aliphatic hydroxyl groups is 1. The van der Waals surface area contributed by atoms with Crippen LogP contribution in [-0.4, -0.2) is 47.6 Å². The van der Waals surface area contributed by atoms with Crippen molar-refractivity contribution < 1.29 is 28.9 Å². The number of carbonyl (C=O) groups is 2. The molecule has 2 aliphatic rings. The number of fused-ring (bicyclic) bond motifs is 1. The van der Waals surface area contributed by atoms with Crippen LogP contribution in [0.25, 0.3) is 0 Å². The number of cyclic esters (lactones) is 1. The predicted octanol–water partition coefficient (Wildman–Crippen LogP) is -0.0620. The first-order chi connectivity index (χ1) is 8.47. The Balaban J connectivity index is 2.10. The summed E-state index contributed by atoms with van der Waals surface area (Å²) >= 11 is 0. The van der Waals surface area contributed by atoms with E-state index in [9.17, 15) is 14.7 Å². The van der Waals surface area contributed by atoms with Crippen LogP contribution < -0.4 is 0 Å². The third-order valence-corrected chi connectivity index (χ3v) is 2.84. The van der Waals surface area contributed by atoms with Gasteiger partial charge in [0.25, 0.3) is 0 Å². The summed E-state index contributed by atoms with van der Waals surface area (Å²) in [5.41, 5.74) is 0. The van der Waals surface area contributed by atoms with Crippen LogP contribution in [0, 0.1) is 0 Å². The number of epoxide rings is 1. The number of carbonyl (C=O) groups excluding carboxylic acids is 2. The van der Waals surface area contributed by atoms with Gasteiger partial charge in [-0.15, -0.1) is 0 Å². The van der Waals surface area contributed by atoms with Crippen LogP contribution in [0.15, 0.2) is 12.2 Å². The highest BCUT2D eigenvalue weighted by molar-refractivity contribution is 5.78. The Kier molecular flexibility index (Phi) is 3.68. The molecule has 100 valence electrons. The summed E-state index contributed by atoms with van der Waals surface area (Å²) in [5.74, 6) is -0.904. The summed E-state index contributed by atoms with van der Waals surface area (Å²) in [4.78, 5) is 22.5. The second kappa shape index (κ2) is 5.07. The zero-order valence-electron chi connectivity index (χ0n) is 10.2. The fourth-order valence-corrected chi connectivity index (χ4v) is 1.92. The van der Waals surface area contributed by atoms with Gasteiger partial charge in [-0.25, -0.2) is 4.79 Å². The number of aliphatic hydroxyl groups excluding tert-OH is 1. The molecule has 0 aromatic rings. The normalized spacial score (nSPS) is 41.3. The Morgan fingerprint density at radius 3 is 2.89 bits per heavy atom. The average Bonchev–Trinajstić information content (AvgIpc) is 3.02. The highest BCUT2D eigenvalue weighted by Gasteiger charge is 2.46. The Bertz CT molecular complexity index is 377. The number of rotatable bonds is 1. The minimum Gasteiger partial charge on any atom is -0.461 e. The van der Waals surface area contributed by atoms with Gasteiger partial charge in [0.05, 0.1) is 0 Å². The van der Waals surface area contributed by atoms with E-state index in [-0.39, 0.29) is 12.5 Å². The summed E-state index contributed by atoms with van der Waals surface area (Å²) in [5, 5.41) is 9.90. The lowest BCUT2D eigenvalue weighted by molar-refractivity contribution is -0.157. The van der Waals surface area contributed by atoms with Gasteiger partial charge in [-0.05, 0) is 6.92 Å². The smallest absolute Gasteiger partial charge is 0.338 e. The van der Waals surface area contributed by atoms with Crippen LogP contribution in [-0.2, 0) is 23.8 Å². The first-order valence-electron chi connectivity index (χ1n) is 5.87. The van der Waals surface area contributed by atoms with Crippen LogP contribution in [0.1, 0.15) is 20.3 Å². The number of hydrogen-bond acceptors (Lipinski definition) is 6. The minimum absolute atomic E-state index is 0.244. The van der Waals surface area contributed by atoms with E-state index in [1.54, 1.807) is 13.0 Å². The second-order valence-corrected chi connectivity index (χ2v) is 4.53. The highest BCUT2D eigenvalue weighted by Crippen LogP contribution is 2.27. The molecule has 1 N–H and O–H groups in total. The lowest BCUT2D eigenvalue weighted by Crippen LogP contribution is -2.35. The molecule has 0 spiro atoms. The van der Waals surface area contributed by atoms with Crippen LogP contribution in [0.2, 0.25) is 0 Å². The van der Waals surface area contributed by atoms with Gasteiger partial charge in [0.2, 0.25) is 0 Å². The van der Waals surface area contributed by atoms with E-state index in [2.05, 4.69) is 0 Å². The SMILES string of the molecule is CC(=O)O[C@@H]1C[C@@H](C)OC(=O)C2OC2/C=C/[C@@H]1O. The topological polar surface area (TPSA) is 85.4 Å². The van der Waals surface area contributed by atoms with E-state index >= 15 is 0 Å². The van der Waals surface area contributed by atoms with Crippen molar-refractivity contribution in [2.75, 3.05) is 0 Å². The molecule has 0 bridgehead atoms. The van der Waals surface area contributed by atoms with E-state index < -0.39 is 36.4 Å². The molecule has 1 saturated heterocycles. The van der Waals surface area contributed by atoms with Crippen molar-refractivity contribution in [3.8, 4) is 0 Å². The maximum atomic E-state index is 11.5. The summed E-state index contributed by atoms with van der Waals surface area (Å²) in [6, 6.07) is 0. The molecule has 2 aliphatic heterocycles. The summed E-state index contributed by atoms with van der Waals surface area (Å²) in [7, 11) is 0. The predicted molar refractivity (Wildman–Crippen MR) is 59.5 cm³/mol. The van der Waals surface area contributed by atoms with Gasteiger partial charge in [0, 0.05) is 13.3 Å². The van der Waals surface area contributed by atoms with Gasteiger partial charge in [-0.2, -0.15) is 0 Å². The maximum Gasteiger partial charge on any atom is 0.338 e. The Morgan fingerprint density at radius 2 is 2.22 bits per heavy atom. The van der Waals surface area contributed by atoms with E-state index in [4.69, 9.17) is 14.2 Å².